The highest BCUT2D eigenvalue weighted by molar-refractivity contribution is 6.03. The van der Waals surface area contributed by atoms with Crippen molar-refractivity contribution in [2.75, 3.05) is 6.61 Å². The molecule has 1 aromatic heterocycles. The second-order valence-electron chi connectivity index (χ2n) is 4.48. The first-order valence-corrected chi connectivity index (χ1v) is 6.64. The number of rotatable bonds is 3. The second kappa shape index (κ2) is 5.21. The highest BCUT2D eigenvalue weighted by Gasteiger charge is 2.14. The van der Waals surface area contributed by atoms with Gasteiger partial charge in [-0.25, -0.2) is 0 Å². The number of benzene rings is 2. The summed E-state index contributed by atoms with van der Waals surface area (Å²) in [6.45, 7) is 2.51. The molecule has 2 aromatic carbocycles. The van der Waals surface area contributed by atoms with E-state index >= 15 is 0 Å². The van der Waals surface area contributed by atoms with Gasteiger partial charge in [0.1, 0.15) is 5.75 Å². The first kappa shape index (κ1) is 12.5. The van der Waals surface area contributed by atoms with E-state index in [0.29, 0.717) is 12.2 Å². The Balaban J connectivity index is 2.15. The van der Waals surface area contributed by atoms with Crippen LogP contribution in [0.3, 0.4) is 0 Å². The summed E-state index contributed by atoms with van der Waals surface area (Å²) in [5, 5.41) is 1.00. The van der Waals surface area contributed by atoms with Crippen LogP contribution < -0.4 is 4.74 Å². The van der Waals surface area contributed by atoms with E-state index in [1.165, 1.54) is 0 Å². The number of hydrogen-bond acceptors (Lipinski definition) is 2. The third-order valence-electron chi connectivity index (χ3n) is 3.21. The molecule has 20 heavy (non-hydrogen) atoms. The van der Waals surface area contributed by atoms with Gasteiger partial charge < -0.3 is 4.74 Å². The van der Waals surface area contributed by atoms with Gasteiger partial charge >= 0.3 is 0 Å². The van der Waals surface area contributed by atoms with Gasteiger partial charge in [-0.3, -0.25) is 9.36 Å². The Bertz CT molecular complexity index is 744. The van der Waals surface area contributed by atoms with Crippen molar-refractivity contribution in [3.05, 3.63) is 66.4 Å². The smallest absolute Gasteiger partial charge is 0.262 e. The van der Waals surface area contributed by atoms with E-state index in [1.807, 2.05) is 61.5 Å². The van der Waals surface area contributed by atoms with Gasteiger partial charge in [-0.15, -0.1) is 0 Å². The summed E-state index contributed by atoms with van der Waals surface area (Å²) in [5.41, 5.74) is 1.49. The van der Waals surface area contributed by atoms with Crippen molar-refractivity contribution in [3.63, 3.8) is 0 Å². The zero-order chi connectivity index (χ0) is 13.9. The van der Waals surface area contributed by atoms with E-state index in [2.05, 4.69) is 0 Å². The highest BCUT2D eigenvalue weighted by atomic mass is 16.5. The zero-order valence-electron chi connectivity index (χ0n) is 11.2. The molecule has 0 spiro atoms. The van der Waals surface area contributed by atoms with Gasteiger partial charge in [-0.2, -0.15) is 0 Å². The van der Waals surface area contributed by atoms with Crippen molar-refractivity contribution in [1.29, 1.82) is 0 Å². The van der Waals surface area contributed by atoms with E-state index < -0.39 is 0 Å². The largest absolute Gasteiger partial charge is 0.492 e. The number of aromatic nitrogens is 1. The number of ether oxygens (including phenoxy) is 1. The molecule has 1 heterocycles. The maximum absolute atomic E-state index is 12.6. The van der Waals surface area contributed by atoms with E-state index in [1.54, 1.807) is 10.8 Å². The Morgan fingerprint density at radius 1 is 1.05 bits per heavy atom. The predicted molar refractivity (Wildman–Crippen MR) is 79.3 cm³/mol. The Labute approximate surface area is 117 Å². The molecule has 0 bridgehead atoms. The third kappa shape index (κ3) is 2.07. The minimum absolute atomic E-state index is 0.0484. The molecular formula is C17H15NO2. The lowest BCUT2D eigenvalue weighted by Gasteiger charge is -2.09. The number of fused-ring (bicyclic) bond motifs is 1. The molecule has 3 rings (SSSR count). The minimum atomic E-state index is -0.0484. The minimum Gasteiger partial charge on any atom is -0.492 e. The van der Waals surface area contributed by atoms with Crippen molar-refractivity contribution < 1.29 is 9.53 Å². The maximum Gasteiger partial charge on any atom is 0.262 e. The summed E-state index contributed by atoms with van der Waals surface area (Å²) < 4.78 is 7.28. The first-order valence-electron chi connectivity index (χ1n) is 6.64. The molecule has 0 saturated heterocycles. The van der Waals surface area contributed by atoms with Crippen LogP contribution >= 0.6 is 0 Å². The molecule has 0 radical (unpaired) electrons. The molecule has 0 N–H and O–H groups in total. The monoisotopic (exact) mass is 265 g/mol. The van der Waals surface area contributed by atoms with Crippen LogP contribution in [0.5, 0.6) is 5.75 Å². The molecule has 0 atom stereocenters. The van der Waals surface area contributed by atoms with Gasteiger partial charge in [0, 0.05) is 17.1 Å². The fourth-order valence-electron chi connectivity index (χ4n) is 2.32. The molecule has 0 aliphatic heterocycles. The van der Waals surface area contributed by atoms with Crippen LogP contribution in [0.2, 0.25) is 0 Å². The zero-order valence-corrected chi connectivity index (χ0v) is 11.2. The average Bonchev–Trinajstić information content (AvgIpc) is 2.93. The van der Waals surface area contributed by atoms with E-state index in [4.69, 9.17) is 4.74 Å². The molecule has 3 nitrogen and oxygen atoms in total. The maximum atomic E-state index is 12.6. The lowest BCUT2D eigenvalue weighted by atomic mass is 10.2. The fraction of sp³-hybridized carbons (Fsp3) is 0.118. The lowest BCUT2D eigenvalue weighted by molar-refractivity contribution is 0.0964. The van der Waals surface area contributed by atoms with Crippen LogP contribution in [-0.4, -0.2) is 17.1 Å². The Morgan fingerprint density at radius 3 is 2.60 bits per heavy atom. The third-order valence-corrected chi connectivity index (χ3v) is 3.21. The number of hydrogen-bond donors (Lipinski definition) is 0. The Morgan fingerprint density at radius 2 is 1.85 bits per heavy atom. The molecule has 3 heteroatoms. The van der Waals surface area contributed by atoms with Gasteiger partial charge in [0.15, 0.2) is 0 Å². The summed E-state index contributed by atoms with van der Waals surface area (Å²) in [6, 6.07) is 17.0. The van der Waals surface area contributed by atoms with Crippen LogP contribution in [0, 0.1) is 0 Å². The molecule has 0 unspecified atom stereocenters. The predicted octanol–water partition coefficient (Wildman–Crippen LogP) is 3.73. The van der Waals surface area contributed by atoms with E-state index in [9.17, 15) is 4.79 Å². The van der Waals surface area contributed by atoms with Crippen LogP contribution in [0.4, 0.5) is 0 Å². The molecule has 0 saturated carbocycles. The Hall–Kier alpha value is -2.55. The molecule has 0 aliphatic rings. The molecule has 0 fully saturated rings. The van der Waals surface area contributed by atoms with Crippen molar-refractivity contribution >= 4 is 16.8 Å². The summed E-state index contributed by atoms with van der Waals surface area (Å²) >= 11 is 0. The van der Waals surface area contributed by atoms with E-state index in [0.717, 1.165) is 16.7 Å². The SMILES string of the molecule is CCOc1cccc2ccn(C(=O)c3ccccc3)c12. The number of carbonyl (C=O) groups excluding carboxylic acids is 1. The van der Waals surface area contributed by atoms with Crippen LogP contribution in [0.1, 0.15) is 17.3 Å². The van der Waals surface area contributed by atoms with Crippen molar-refractivity contribution in [2.24, 2.45) is 0 Å². The first-order chi connectivity index (χ1) is 9.81. The van der Waals surface area contributed by atoms with Crippen LogP contribution in [0.25, 0.3) is 10.9 Å². The highest BCUT2D eigenvalue weighted by Crippen LogP contribution is 2.27. The summed E-state index contributed by atoms with van der Waals surface area (Å²) in [7, 11) is 0. The summed E-state index contributed by atoms with van der Waals surface area (Å²) in [5.74, 6) is 0.687. The quantitative estimate of drug-likeness (QED) is 0.722. The summed E-state index contributed by atoms with van der Waals surface area (Å²) in [4.78, 5) is 12.6. The second-order valence-corrected chi connectivity index (χ2v) is 4.48. The average molecular weight is 265 g/mol. The van der Waals surface area contributed by atoms with Gasteiger partial charge in [0.2, 0.25) is 0 Å². The van der Waals surface area contributed by atoms with Gasteiger partial charge in [-0.05, 0) is 31.2 Å². The number of para-hydroxylation sites is 1. The van der Waals surface area contributed by atoms with Crippen molar-refractivity contribution in [1.82, 2.24) is 4.57 Å². The van der Waals surface area contributed by atoms with Crippen LogP contribution in [-0.2, 0) is 0 Å². The molecule has 3 aromatic rings. The molecule has 0 aliphatic carbocycles. The fourth-order valence-corrected chi connectivity index (χ4v) is 2.32. The molecule has 100 valence electrons. The number of carbonyl (C=O) groups is 1. The van der Waals surface area contributed by atoms with Gasteiger partial charge in [0.25, 0.3) is 5.91 Å². The standard InChI is InChI=1S/C17H15NO2/c1-2-20-15-10-6-9-13-11-12-18(16(13)15)17(19)14-7-4-3-5-8-14/h3-12H,2H2,1H3. The molecule has 0 amide bonds. The normalized spacial score (nSPS) is 10.7. The number of nitrogens with zero attached hydrogens (tertiary/aromatic N) is 1. The van der Waals surface area contributed by atoms with Crippen LogP contribution in [0.15, 0.2) is 60.8 Å². The molecular weight excluding hydrogens is 250 g/mol. The van der Waals surface area contributed by atoms with E-state index in [-0.39, 0.29) is 5.91 Å². The lowest BCUT2D eigenvalue weighted by Crippen LogP contribution is -2.11. The van der Waals surface area contributed by atoms with Crippen molar-refractivity contribution in [3.8, 4) is 5.75 Å². The van der Waals surface area contributed by atoms with Gasteiger partial charge in [0.05, 0.1) is 12.1 Å². The van der Waals surface area contributed by atoms with Gasteiger partial charge in [-0.1, -0.05) is 30.3 Å². The topological polar surface area (TPSA) is 31.2 Å². The Kier molecular flexibility index (Phi) is 3.25. The summed E-state index contributed by atoms with van der Waals surface area (Å²) in [6.07, 6.45) is 1.79. The van der Waals surface area contributed by atoms with Crippen molar-refractivity contribution in [2.45, 2.75) is 6.92 Å².